The van der Waals surface area contributed by atoms with Crippen molar-refractivity contribution in [3.8, 4) is 28.4 Å². The van der Waals surface area contributed by atoms with Crippen LogP contribution >= 0.6 is 0 Å². The van der Waals surface area contributed by atoms with Crippen LogP contribution in [0.4, 0.5) is 5.82 Å². The van der Waals surface area contributed by atoms with Crippen LogP contribution in [-0.4, -0.2) is 32.6 Å². The summed E-state index contributed by atoms with van der Waals surface area (Å²) in [6.07, 6.45) is 2.62. The number of rotatable bonds is 8. The summed E-state index contributed by atoms with van der Waals surface area (Å²) in [6, 6.07) is 15.1. The van der Waals surface area contributed by atoms with Crippen LogP contribution in [-0.2, 0) is 6.54 Å². The molecule has 6 heteroatoms. The van der Waals surface area contributed by atoms with Gasteiger partial charge in [0.15, 0.2) is 11.5 Å². The SMILES string of the molecule is COc1cc(CNc2ccc(-c3cccc(C=O)c3)cn2)cc(OC)c1OC. The van der Waals surface area contributed by atoms with Gasteiger partial charge in [-0.05, 0) is 41.5 Å². The molecule has 0 aliphatic carbocycles. The fraction of sp³-hybridized carbons (Fsp3) is 0.182. The summed E-state index contributed by atoms with van der Waals surface area (Å²) in [4.78, 5) is 15.4. The highest BCUT2D eigenvalue weighted by molar-refractivity contribution is 5.78. The van der Waals surface area contributed by atoms with Gasteiger partial charge in [-0.15, -0.1) is 0 Å². The number of carbonyl (C=O) groups excluding carboxylic acids is 1. The molecule has 0 aliphatic rings. The van der Waals surface area contributed by atoms with E-state index < -0.39 is 0 Å². The van der Waals surface area contributed by atoms with Crippen molar-refractivity contribution in [3.63, 3.8) is 0 Å². The fourth-order valence-corrected chi connectivity index (χ4v) is 2.89. The predicted molar refractivity (Wildman–Crippen MR) is 108 cm³/mol. The first-order valence-electron chi connectivity index (χ1n) is 8.73. The van der Waals surface area contributed by atoms with E-state index in [1.165, 1.54) is 0 Å². The molecule has 0 saturated carbocycles. The summed E-state index contributed by atoms with van der Waals surface area (Å²) in [6.45, 7) is 0.545. The van der Waals surface area contributed by atoms with Crippen LogP contribution in [0.3, 0.4) is 0 Å². The van der Waals surface area contributed by atoms with Gasteiger partial charge in [-0.3, -0.25) is 4.79 Å². The molecule has 0 aliphatic heterocycles. The zero-order chi connectivity index (χ0) is 19.9. The number of methoxy groups -OCH3 is 3. The standard InChI is InChI=1S/C22H22N2O4/c1-26-19-10-16(11-20(27-2)22(19)28-3)12-23-21-8-7-18(13-24-21)17-6-4-5-15(9-17)14-25/h4-11,13-14H,12H2,1-3H3,(H,23,24). The second-order valence-corrected chi connectivity index (χ2v) is 6.06. The first kappa shape index (κ1) is 19.2. The number of ether oxygens (including phenoxy) is 3. The van der Waals surface area contributed by atoms with Crippen LogP contribution in [0.5, 0.6) is 17.2 Å². The van der Waals surface area contributed by atoms with Crippen LogP contribution in [0.25, 0.3) is 11.1 Å². The highest BCUT2D eigenvalue weighted by Crippen LogP contribution is 2.38. The molecule has 144 valence electrons. The third-order valence-corrected chi connectivity index (χ3v) is 4.32. The van der Waals surface area contributed by atoms with E-state index in [0.29, 0.717) is 29.4 Å². The summed E-state index contributed by atoms with van der Waals surface area (Å²) in [7, 11) is 4.76. The monoisotopic (exact) mass is 378 g/mol. The molecule has 0 radical (unpaired) electrons. The Bertz CT molecular complexity index is 930. The Morgan fingerprint density at radius 1 is 0.929 bits per heavy atom. The van der Waals surface area contributed by atoms with Gasteiger partial charge in [0.05, 0.1) is 21.3 Å². The zero-order valence-corrected chi connectivity index (χ0v) is 16.1. The average molecular weight is 378 g/mol. The predicted octanol–water partition coefficient (Wildman–Crippen LogP) is 4.20. The number of nitrogens with one attached hydrogen (secondary N) is 1. The van der Waals surface area contributed by atoms with Gasteiger partial charge in [0, 0.05) is 23.9 Å². The van der Waals surface area contributed by atoms with Crippen molar-refractivity contribution in [3.05, 3.63) is 65.9 Å². The molecule has 28 heavy (non-hydrogen) atoms. The molecule has 1 N–H and O–H groups in total. The number of aromatic nitrogens is 1. The maximum Gasteiger partial charge on any atom is 0.203 e. The first-order chi connectivity index (χ1) is 13.7. The van der Waals surface area contributed by atoms with E-state index in [4.69, 9.17) is 14.2 Å². The minimum absolute atomic E-state index is 0.545. The molecule has 3 rings (SSSR count). The Labute approximate surface area is 164 Å². The van der Waals surface area contributed by atoms with Crippen LogP contribution in [0.15, 0.2) is 54.7 Å². The minimum Gasteiger partial charge on any atom is -0.493 e. The summed E-state index contributed by atoms with van der Waals surface area (Å²) < 4.78 is 16.1. The van der Waals surface area contributed by atoms with E-state index in [9.17, 15) is 4.79 Å². The third kappa shape index (κ3) is 4.23. The van der Waals surface area contributed by atoms with E-state index in [-0.39, 0.29) is 0 Å². The molecule has 0 unspecified atom stereocenters. The van der Waals surface area contributed by atoms with Gasteiger partial charge in [0.1, 0.15) is 12.1 Å². The molecule has 0 amide bonds. The van der Waals surface area contributed by atoms with Gasteiger partial charge in [-0.25, -0.2) is 4.98 Å². The van der Waals surface area contributed by atoms with Crippen LogP contribution in [0.2, 0.25) is 0 Å². The molecule has 6 nitrogen and oxygen atoms in total. The van der Waals surface area contributed by atoms with Crippen molar-refractivity contribution in [1.82, 2.24) is 4.98 Å². The highest BCUT2D eigenvalue weighted by Gasteiger charge is 2.13. The molecule has 0 saturated heterocycles. The molecule has 2 aromatic carbocycles. The van der Waals surface area contributed by atoms with Crippen molar-refractivity contribution in [2.45, 2.75) is 6.54 Å². The largest absolute Gasteiger partial charge is 0.493 e. The number of benzene rings is 2. The molecule has 0 bridgehead atoms. The summed E-state index contributed by atoms with van der Waals surface area (Å²) in [5.74, 6) is 2.52. The van der Waals surface area contributed by atoms with Crippen LogP contribution in [0.1, 0.15) is 15.9 Å². The van der Waals surface area contributed by atoms with Crippen molar-refractivity contribution in [2.24, 2.45) is 0 Å². The van der Waals surface area contributed by atoms with E-state index in [2.05, 4.69) is 10.3 Å². The molecule has 0 spiro atoms. The molecular weight excluding hydrogens is 356 g/mol. The van der Waals surface area contributed by atoms with Crippen LogP contribution < -0.4 is 19.5 Å². The lowest BCUT2D eigenvalue weighted by Crippen LogP contribution is -2.03. The minimum atomic E-state index is 0.545. The van der Waals surface area contributed by atoms with Gasteiger partial charge in [0.2, 0.25) is 5.75 Å². The molecule has 3 aromatic rings. The van der Waals surface area contributed by atoms with Crippen molar-refractivity contribution in [1.29, 1.82) is 0 Å². The Morgan fingerprint density at radius 2 is 1.68 bits per heavy atom. The van der Waals surface area contributed by atoms with E-state index >= 15 is 0 Å². The molecule has 1 aromatic heterocycles. The number of hydrogen-bond donors (Lipinski definition) is 1. The summed E-state index contributed by atoms with van der Waals surface area (Å²) in [5, 5.41) is 3.28. The smallest absolute Gasteiger partial charge is 0.203 e. The lowest BCUT2D eigenvalue weighted by Gasteiger charge is -2.14. The second-order valence-electron chi connectivity index (χ2n) is 6.06. The number of aldehydes is 1. The number of anilines is 1. The molecule has 0 fully saturated rings. The molecule has 0 atom stereocenters. The number of carbonyl (C=O) groups is 1. The van der Waals surface area contributed by atoms with Crippen molar-refractivity contribution < 1.29 is 19.0 Å². The highest BCUT2D eigenvalue weighted by atomic mass is 16.5. The Hall–Kier alpha value is -3.54. The Balaban J connectivity index is 1.74. The summed E-state index contributed by atoms with van der Waals surface area (Å²) in [5.41, 5.74) is 3.51. The quantitative estimate of drug-likeness (QED) is 0.593. The number of hydrogen-bond acceptors (Lipinski definition) is 6. The normalized spacial score (nSPS) is 10.2. The zero-order valence-electron chi connectivity index (χ0n) is 16.1. The molecular formula is C22H22N2O4. The maximum absolute atomic E-state index is 10.9. The Morgan fingerprint density at radius 3 is 2.25 bits per heavy atom. The van der Waals surface area contributed by atoms with E-state index in [1.54, 1.807) is 33.6 Å². The third-order valence-electron chi connectivity index (χ3n) is 4.32. The van der Waals surface area contributed by atoms with E-state index in [1.807, 2.05) is 42.5 Å². The fourth-order valence-electron chi connectivity index (χ4n) is 2.89. The van der Waals surface area contributed by atoms with Gasteiger partial charge in [0.25, 0.3) is 0 Å². The van der Waals surface area contributed by atoms with Crippen molar-refractivity contribution in [2.75, 3.05) is 26.6 Å². The molecule has 1 heterocycles. The van der Waals surface area contributed by atoms with Gasteiger partial charge in [-0.2, -0.15) is 0 Å². The lowest BCUT2D eigenvalue weighted by atomic mass is 10.1. The topological polar surface area (TPSA) is 69.7 Å². The number of nitrogens with zero attached hydrogens (tertiary/aromatic N) is 1. The summed E-state index contributed by atoms with van der Waals surface area (Å²) >= 11 is 0. The van der Waals surface area contributed by atoms with E-state index in [0.717, 1.165) is 28.8 Å². The van der Waals surface area contributed by atoms with Gasteiger partial charge >= 0.3 is 0 Å². The van der Waals surface area contributed by atoms with Gasteiger partial charge in [-0.1, -0.05) is 18.2 Å². The van der Waals surface area contributed by atoms with Gasteiger partial charge < -0.3 is 19.5 Å². The van der Waals surface area contributed by atoms with Crippen molar-refractivity contribution >= 4 is 12.1 Å². The lowest BCUT2D eigenvalue weighted by molar-refractivity contribution is 0.112. The maximum atomic E-state index is 10.9. The second kappa shape index (κ2) is 8.90. The average Bonchev–Trinajstić information content (AvgIpc) is 2.77. The Kier molecular flexibility index (Phi) is 6.11. The van der Waals surface area contributed by atoms with Crippen LogP contribution in [0, 0.1) is 0 Å². The first-order valence-corrected chi connectivity index (χ1v) is 8.73. The number of pyridine rings is 1.